The van der Waals surface area contributed by atoms with Gasteiger partial charge in [-0.05, 0) is 75.1 Å². The highest BCUT2D eigenvalue weighted by Gasteiger charge is 2.54. The smallest absolute Gasteiger partial charge is 0.407 e. The number of rotatable bonds is 11. The lowest BCUT2D eigenvalue weighted by Crippen LogP contribution is -2.62. The van der Waals surface area contributed by atoms with Crippen LogP contribution in [0.15, 0.2) is 85.3 Å². The van der Waals surface area contributed by atoms with Crippen molar-refractivity contribution in [1.29, 1.82) is 0 Å². The van der Waals surface area contributed by atoms with Crippen LogP contribution in [0.2, 0.25) is 0 Å². The van der Waals surface area contributed by atoms with E-state index in [-0.39, 0.29) is 65.9 Å². The number of benzene rings is 2. The van der Waals surface area contributed by atoms with E-state index in [2.05, 4.69) is 37.8 Å². The number of morpholine rings is 1. The van der Waals surface area contributed by atoms with E-state index in [1.54, 1.807) is 0 Å². The van der Waals surface area contributed by atoms with Gasteiger partial charge in [-0.15, -0.1) is 0 Å². The predicted octanol–water partition coefficient (Wildman–Crippen LogP) is 5.20. The van der Waals surface area contributed by atoms with Gasteiger partial charge in [-0.1, -0.05) is 66.7 Å². The number of imidazole rings is 2. The number of fused-ring (bicyclic) bond motifs is 2. The summed E-state index contributed by atoms with van der Waals surface area (Å²) >= 11 is 0. The zero-order chi connectivity index (χ0) is 43.9. The van der Waals surface area contributed by atoms with Crippen LogP contribution < -0.4 is 10.6 Å². The van der Waals surface area contributed by atoms with Gasteiger partial charge in [-0.2, -0.15) is 0 Å². The minimum atomic E-state index is -0.902. The number of aliphatic hydroxyl groups excluding tert-OH is 1. The Morgan fingerprint density at radius 3 is 2.02 bits per heavy atom. The number of amides is 4. The first-order chi connectivity index (χ1) is 31.3. The number of hydrogen-bond donors (Lipinski definition) is 5. The second kappa shape index (κ2) is 17.9. The number of carbonyl (C=O) groups is 4. The molecular formula is C48H57N9O7. The topological polar surface area (TPSA) is 198 Å². The molecule has 2 aliphatic carbocycles. The fourth-order valence-electron chi connectivity index (χ4n) is 11.7. The summed E-state index contributed by atoms with van der Waals surface area (Å²) in [6, 6.07) is 16.7. The molecule has 4 amide bonds. The number of nitrogens with zero attached hydrogens (tertiary/aromatic N) is 5. The number of methoxy groups -OCH3 is 1. The van der Waals surface area contributed by atoms with Crippen LogP contribution in [0.1, 0.15) is 128 Å². The lowest BCUT2D eigenvalue weighted by atomic mass is 9.71. The first kappa shape index (κ1) is 42.0. The summed E-state index contributed by atoms with van der Waals surface area (Å²) in [5.41, 5.74) is 3.52. The molecule has 336 valence electrons. The number of aliphatic hydroxyl groups is 1. The van der Waals surface area contributed by atoms with Crippen molar-refractivity contribution in [2.75, 3.05) is 26.8 Å². The molecule has 4 aliphatic heterocycles. The Morgan fingerprint density at radius 2 is 1.39 bits per heavy atom. The van der Waals surface area contributed by atoms with Crippen molar-refractivity contribution >= 4 is 23.8 Å². The van der Waals surface area contributed by atoms with Gasteiger partial charge in [0.25, 0.3) is 5.91 Å². The van der Waals surface area contributed by atoms with Crippen molar-refractivity contribution in [3.05, 3.63) is 119 Å². The maximum atomic E-state index is 14.1. The number of aromatic nitrogens is 4. The molecule has 5 fully saturated rings. The fourth-order valence-corrected chi connectivity index (χ4v) is 11.7. The van der Waals surface area contributed by atoms with Crippen LogP contribution in [0.25, 0.3) is 0 Å². The van der Waals surface area contributed by atoms with E-state index in [1.165, 1.54) is 7.11 Å². The zero-order valence-electron chi connectivity index (χ0n) is 36.1. The largest absolute Gasteiger partial charge is 0.453 e. The maximum Gasteiger partial charge on any atom is 0.407 e. The van der Waals surface area contributed by atoms with Crippen molar-refractivity contribution in [2.45, 2.75) is 118 Å². The molecule has 2 aromatic carbocycles. The number of hydrogen-bond acceptors (Lipinski definition) is 10. The predicted molar refractivity (Wildman–Crippen MR) is 233 cm³/mol. The molecule has 16 nitrogen and oxygen atoms in total. The van der Waals surface area contributed by atoms with Crippen LogP contribution in [0.3, 0.4) is 0 Å². The minimum Gasteiger partial charge on any atom is -0.453 e. The number of likely N-dealkylation sites (tertiary alicyclic amines) is 2. The normalized spacial score (nSPS) is 29.2. The molecule has 2 aromatic heterocycles. The van der Waals surface area contributed by atoms with E-state index >= 15 is 0 Å². The summed E-state index contributed by atoms with van der Waals surface area (Å²) in [6.07, 6.45) is 16.1. The van der Waals surface area contributed by atoms with Crippen LogP contribution in [-0.4, -0.2) is 115 Å². The highest BCUT2D eigenvalue weighted by Crippen LogP contribution is 2.51. The van der Waals surface area contributed by atoms with Crippen LogP contribution in [0, 0.1) is 5.92 Å². The third-order valence-electron chi connectivity index (χ3n) is 14.7. The van der Waals surface area contributed by atoms with Gasteiger partial charge in [0.05, 0.1) is 43.5 Å². The molecule has 4 aromatic rings. The van der Waals surface area contributed by atoms with Gasteiger partial charge in [-0.3, -0.25) is 14.4 Å². The number of ether oxygens (including phenoxy) is 2. The third-order valence-corrected chi connectivity index (χ3v) is 14.7. The Hall–Kier alpha value is -6.00. The zero-order valence-corrected chi connectivity index (χ0v) is 36.1. The monoisotopic (exact) mass is 871 g/mol. The minimum absolute atomic E-state index is 0.0822. The number of nitrogens with one attached hydrogen (secondary N) is 4. The molecule has 16 heteroatoms. The summed E-state index contributed by atoms with van der Waals surface area (Å²) in [5.74, 6) is 1.29. The Labute approximate surface area is 372 Å². The van der Waals surface area contributed by atoms with E-state index in [4.69, 9.17) is 19.4 Å². The second-order valence-electron chi connectivity index (χ2n) is 18.2. The Kier molecular flexibility index (Phi) is 11.7. The molecule has 10 rings (SSSR count). The molecule has 11 atom stereocenters. The lowest BCUT2D eigenvalue weighted by Gasteiger charge is -2.54. The summed E-state index contributed by atoms with van der Waals surface area (Å²) < 4.78 is 11.9. The highest BCUT2D eigenvalue weighted by atomic mass is 16.5. The van der Waals surface area contributed by atoms with Crippen molar-refractivity contribution in [3.63, 3.8) is 0 Å². The van der Waals surface area contributed by atoms with Crippen LogP contribution in [-0.2, 0) is 23.9 Å². The van der Waals surface area contributed by atoms with Gasteiger partial charge in [0.1, 0.15) is 30.3 Å². The van der Waals surface area contributed by atoms with Gasteiger partial charge < -0.3 is 49.9 Å². The summed E-state index contributed by atoms with van der Waals surface area (Å²) in [6.45, 7) is 0.438. The molecule has 0 radical (unpaired) electrons. The molecule has 2 saturated carbocycles. The first-order valence-electron chi connectivity index (χ1n) is 23.0. The second-order valence-corrected chi connectivity index (χ2v) is 18.2. The quantitative estimate of drug-likeness (QED) is 0.134. The van der Waals surface area contributed by atoms with E-state index in [0.717, 1.165) is 80.8 Å². The van der Waals surface area contributed by atoms with E-state index < -0.39 is 30.7 Å². The maximum absolute atomic E-state index is 14.1. The van der Waals surface area contributed by atoms with Crippen LogP contribution in [0.4, 0.5) is 4.79 Å². The van der Waals surface area contributed by atoms with Crippen molar-refractivity contribution in [1.82, 2.24) is 45.3 Å². The van der Waals surface area contributed by atoms with E-state index in [1.807, 2.05) is 82.9 Å². The molecule has 0 bridgehead atoms. The molecule has 0 spiro atoms. The van der Waals surface area contributed by atoms with Crippen molar-refractivity contribution in [3.8, 4) is 0 Å². The lowest BCUT2D eigenvalue weighted by molar-refractivity contribution is -0.168. The average molecular weight is 872 g/mol. The van der Waals surface area contributed by atoms with Gasteiger partial charge in [0.15, 0.2) is 0 Å². The molecule has 5 N–H and O–H groups in total. The van der Waals surface area contributed by atoms with Gasteiger partial charge >= 0.3 is 6.09 Å². The Bertz CT molecular complexity index is 2350. The molecule has 6 aliphatic rings. The van der Waals surface area contributed by atoms with Gasteiger partial charge in [-0.25, -0.2) is 14.8 Å². The number of H-pyrrole nitrogens is 2. The van der Waals surface area contributed by atoms with Gasteiger partial charge in [0, 0.05) is 54.6 Å². The number of carbonyl (C=O) groups excluding carboxylic acids is 4. The average Bonchev–Trinajstić information content (AvgIpc) is 4.20. The van der Waals surface area contributed by atoms with Crippen LogP contribution in [0.5, 0.6) is 0 Å². The summed E-state index contributed by atoms with van der Waals surface area (Å²) in [4.78, 5) is 76.1. The Balaban J connectivity index is 0.789. The first-order valence-corrected chi connectivity index (χ1v) is 23.0. The van der Waals surface area contributed by atoms with Crippen LogP contribution >= 0.6 is 0 Å². The standard InChI is InChI=1S/C48H57N9O7/c1-63-48(62)54-42(29-12-6-3-7-13-29)47(61)57-22-8-14-36(57)44-49-25-33(51-44)30-16-18-35-39(24-30)64-38-19-17-31(32-20-23-55(35)43(32)38)34-26-50-45(52-34)37-15-9-21-56(37)46(60)41(53-40(59)27-58)28-10-4-2-5-11-28/h2-7,10-13,20,23,25-26,30-32,35-39,41-43,58H,8-9,14-19,21-22,24,27H2,1H3,(H,49,51)(H,50,52)(H,53,59)(H,54,62)/t30?,31?,32?,35?,36-,37-,38?,39?,41+,42+,43?/m0/s1. The summed E-state index contributed by atoms with van der Waals surface area (Å²) in [7, 11) is 1.30. The highest BCUT2D eigenvalue weighted by molar-refractivity contribution is 5.89. The van der Waals surface area contributed by atoms with Crippen molar-refractivity contribution < 1.29 is 33.8 Å². The summed E-state index contributed by atoms with van der Waals surface area (Å²) in [5, 5.41) is 15.0. The van der Waals surface area contributed by atoms with Crippen molar-refractivity contribution in [2.24, 2.45) is 5.92 Å². The molecule has 64 heavy (non-hydrogen) atoms. The number of alkyl carbamates (subject to hydrolysis) is 1. The SMILES string of the molecule is COC(=O)N[C@@H](C(=O)N1CCC[C@H]1c1ncc(C2CCC3C(C2)OC2CCC(c4cnc([C@@H]5CCCN5C(=O)[C@H](NC(=O)CO)c5ccccc5)[nH]4)C4C=CN3C24)[nH]1)c1ccccc1. The molecule has 6 heterocycles. The third kappa shape index (κ3) is 7.84. The molecule has 7 unspecified atom stereocenters. The Morgan fingerprint density at radius 1 is 0.781 bits per heavy atom. The number of aromatic amines is 2. The van der Waals surface area contributed by atoms with E-state index in [9.17, 15) is 24.3 Å². The fraction of sp³-hybridized carbons (Fsp3) is 0.500. The molecule has 3 saturated heterocycles. The molecular weight excluding hydrogens is 815 g/mol. The van der Waals surface area contributed by atoms with Gasteiger partial charge in [0.2, 0.25) is 11.8 Å². The van der Waals surface area contributed by atoms with E-state index in [0.29, 0.717) is 24.2 Å².